The maximum atomic E-state index is 12.5. The van der Waals surface area contributed by atoms with Crippen molar-refractivity contribution in [1.82, 2.24) is 9.30 Å². The predicted molar refractivity (Wildman–Crippen MR) is 75.6 cm³/mol. The Labute approximate surface area is 113 Å². The van der Waals surface area contributed by atoms with Gasteiger partial charge in [-0.3, -0.25) is 9.36 Å². The van der Waals surface area contributed by atoms with Crippen LogP contribution in [0, 0.1) is 4.77 Å². The van der Waals surface area contributed by atoms with Gasteiger partial charge in [-0.15, -0.1) is 0 Å². The van der Waals surface area contributed by atoms with Gasteiger partial charge in [-0.25, -0.2) is 0 Å². The van der Waals surface area contributed by atoms with Gasteiger partial charge in [0.15, 0.2) is 0 Å². The molecule has 5 heteroatoms. The number of para-hydroxylation sites is 2. The summed E-state index contributed by atoms with van der Waals surface area (Å²) in [6, 6.07) is 15.8. The van der Waals surface area contributed by atoms with Gasteiger partial charge in [0, 0.05) is 0 Å². The van der Waals surface area contributed by atoms with Crippen molar-refractivity contribution in [2.45, 2.75) is 0 Å². The van der Waals surface area contributed by atoms with Gasteiger partial charge < -0.3 is 5.21 Å². The highest BCUT2D eigenvalue weighted by Gasteiger charge is 2.10. The topological polar surface area (TPSA) is 47.2 Å². The molecule has 1 aromatic heterocycles. The van der Waals surface area contributed by atoms with Crippen LogP contribution in [0.15, 0.2) is 59.4 Å². The summed E-state index contributed by atoms with van der Waals surface area (Å²) >= 11 is 5.17. The fraction of sp³-hybridized carbons (Fsp3) is 0. The van der Waals surface area contributed by atoms with Crippen LogP contribution in [0.1, 0.15) is 0 Å². The lowest BCUT2D eigenvalue weighted by Gasteiger charge is -2.10. The number of hydrogen-bond donors (Lipinski definition) is 1. The zero-order valence-electron chi connectivity index (χ0n) is 9.85. The summed E-state index contributed by atoms with van der Waals surface area (Å²) in [7, 11) is 0. The number of rotatable bonds is 1. The lowest BCUT2D eigenvalue weighted by Crippen LogP contribution is -2.23. The summed E-state index contributed by atoms with van der Waals surface area (Å²) in [6.07, 6.45) is 0. The van der Waals surface area contributed by atoms with Crippen molar-refractivity contribution in [2.24, 2.45) is 0 Å². The summed E-state index contributed by atoms with van der Waals surface area (Å²) in [5.74, 6) is 0. The van der Waals surface area contributed by atoms with Gasteiger partial charge in [0.25, 0.3) is 5.56 Å². The van der Waals surface area contributed by atoms with Crippen molar-refractivity contribution in [3.63, 3.8) is 0 Å². The first-order valence-electron chi connectivity index (χ1n) is 5.71. The lowest BCUT2D eigenvalue weighted by molar-refractivity contribution is 0.187. The fourth-order valence-electron chi connectivity index (χ4n) is 2.05. The average Bonchev–Trinajstić information content (AvgIpc) is 2.46. The molecule has 0 radical (unpaired) electrons. The molecule has 0 aliphatic rings. The standard InChI is InChI=1S/C14H10N2O2S/c17-13-11-8-4-5-9-12(11)16(18)14(19)15(13)10-6-2-1-3-7-10/h1-9,18H. The summed E-state index contributed by atoms with van der Waals surface area (Å²) in [5, 5.41) is 10.5. The van der Waals surface area contributed by atoms with Crippen LogP contribution in [0.2, 0.25) is 0 Å². The Morgan fingerprint density at radius 2 is 1.58 bits per heavy atom. The van der Waals surface area contributed by atoms with E-state index in [0.29, 0.717) is 16.6 Å². The Hall–Kier alpha value is -2.40. The van der Waals surface area contributed by atoms with Gasteiger partial charge in [0.2, 0.25) is 4.77 Å². The molecule has 4 nitrogen and oxygen atoms in total. The summed E-state index contributed by atoms with van der Waals surface area (Å²) in [4.78, 5) is 12.5. The second-order valence-electron chi connectivity index (χ2n) is 4.09. The van der Waals surface area contributed by atoms with Crippen LogP contribution in [-0.2, 0) is 0 Å². The molecule has 2 aromatic carbocycles. The van der Waals surface area contributed by atoms with Gasteiger partial charge in [0.05, 0.1) is 16.6 Å². The van der Waals surface area contributed by atoms with Crippen LogP contribution < -0.4 is 5.56 Å². The minimum Gasteiger partial charge on any atom is -0.426 e. The molecule has 1 N–H and O–H groups in total. The lowest BCUT2D eigenvalue weighted by atomic mass is 10.2. The van der Waals surface area contributed by atoms with E-state index in [-0.39, 0.29) is 10.3 Å². The highest BCUT2D eigenvalue weighted by atomic mass is 32.1. The molecular weight excluding hydrogens is 260 g/mol. The number of fused-ring (bicyclic) bond motifs is 1. The van der Waals surface area contributed by atoms with Crippen molar-refractivity contribution >= 4 is 23.1 Å². The van der Waals surface area contributed by atoms with Crippen molar-refractivity contribution in [3.8, 4) is 5.69 Å². The monoisotopic (exact) mass is 270 g/mol. The molecule has 0 saturated heterocycles. The Morgan fingerprint density at radius 1 is 0.947 bits per heavy atom. The van der Waals surface area contributed by atoms with E-state index in [2.05, 4.69) is 0 Å². The third-order valence-corrected chi connectivity index (χ3v) is 3.31. The van der Waals surface area contributed by atoms with E-state index in [1.54, 1.807) is 36.4 Å². The van der Waals surface area contributed by atoms with Crippen LogP contribution >= 0.6 is 12.2 Å². The second-order valence-corrected chi connectivity index (χ2v) is 4.45. The highest BCUT2D eigenvalue weighted by molar-refractivity contribution is 7.71. The smallest absolute Gasteiger partial charge is 0.266 e. The molecule has 0 bridgehead atoms. The van der Waals surface area contributed by atoms with Gasteiger partial charge in [0.1, 0.15) is 0 Å². The first-order valence-corrected chi connectivity index (χ1v) is 6.12. The van der Waals surface area contributed by atoms with Gasteiger partial charge >= 0.3 is 0 Å². The molecule has 0 aliphatic carbocycles. The number of hydrogen-bond acceptors (Lipinski definition) is 3. The van der Waals surface area contributed by atoms with Crippen LogP contribution in [0.5, 0.6) is 0 Å². The first-order chi connectivity index (χ1) is 9.20. The minimum absolute atomic E-state index is 0.0508. The van der Waals surface area contributed by atoms with Crippen LogP contribution in [0.4, 0.5) is 0 Å². The third kappa shape index (κ3) is 1.75. The molecule has 3 aromatic rings. The molecule has 3 rings (SSSR count). The second kappa shape index (κ2) is 4.37. The molecular formula is C14H10N2O2S. The Balaban J connectivity index is 2.52. The van der Waals surface area contributed by atoms with Crippen LogP contribution in [-0.4, -0.2) is 14.5 Å². The van der Waals surface area contributed by atoms with E-state index < -0.39 is 0 Å². The highest BCUT2D eigenvalue weighted by Crippen LogP contribution is 2.12. The Kier molecular flexibility index (Phi) is 2.68. The van der Waals surface area contributed by atoms with Gasteiger partial charge in [-0.1, -0.05) is 30.3 Å². The molecule has 1 heterocycles. The van der Waals surface area contributed by atoms with Gasteiger partial charge in [-0.05, 0) is 36.5 Å². The zero-order valence-corrected chi connectivity index (χ0v) is 10.7. The van der Waals surface area contributed by atoms with E-state index in [4.69, 9.17) is 12.2 Å². The molecule has 0 aliphatic heterocycles. The predicted octanol–water partition coefficient (Wildman–Crippen LogP) is 2.76. The van der Waals surface area contributed by atoms with Gasteiger partial charge in [-0.2, -0.15) is 4.73 Å². The van der Waals surface area contributed by atoms with Crippen molar-refractivity contribution in [1.29, 1.82) is 0 Å². The summed E-state index contributed by atoms with van der Waals surface area (Å²) in [5.41, 5.74) is 0.799. The maximum Gasteiger partial charge on any atom is 0.266 e. The SMILES string of the molecule is O=c1c2ccccc2n(O)c(=S)n1-c1ccccc1. The first kappa shape index (κ1) is 11.7. The molecule has 0 unspecified atom stereocenters. The van der Waals surface area contributed by atoms with E-state index >= 15 is 0 Å². The Bertz CT molecular complexity index is 866. The third-order valence-electron chi connectivity index (χ3n) is 2.95. The van der Waals surface area contributed by atoms with E-state index in [1.165, 1.54) is 4.57 Å². The van der Waals surface area contributed by atoms with Crippen molar-refractivity contribution in [2.75, 3.05) is 0 Å². The van der Waals surface area contributed by atoms with E-state index in [1.807, 2.05) is 18.2 Å². The quantitative estimate of drug-likeness (QED) is 0.546. The fourth-order valence-corrected chi connectivity index (χ4v) is 2.34. The molecule has 0 spiro atoms. The number of aromatic nitrogens is 2. The van der Waals surface area contributed by atoms with Crippen LogP contribution in [0.25, 0.3) is 16.6 Å². The molecule has 19 heavy (non-hydrogen) atoms. The average molecular weight is 270 g/mol. The van der Waals surface area contributed by atoms with Crippen LogP contribution in [0.3, 0.4) is 0 Å². The normalized spacial score (nSPS) is 10.7. The largest absolute Gasteiger partial charge is 0.426 e. The molecule has 94 valence electrons. The van der Waals surface area contributed by atoms with E-state index in [0.717, 1.165) is 4.73 Å². The molecule has 0 fully saturated rings. The maximum absolute atomic E-state index is 12.5. The molecule has 0 amide bonds. The summed E-state index contributed by atoms with van der Waals surface area (Å²) in [6.45, 7) is 0. The van der Waals surface area contributed by atoms with Crippen molar-refractivity contribution < 1.29 is 5.21 Å². The zero-order chi connectivity index (χ0) is 13.4. The molecule has 0 saturated carbocycles. The minimum atomic E-state index is -0.239. The van der Waals surface area contributed by atoms with Crippen molar-refractivity contribution in [3.05, 3.63) is 69.7 Å². The Morgan fingerprint density at radius 3 is 2.32 bits per heavy atom. The summed E-state index contributed by atoms with van der Waals surface area (Å²) < 4.78 is 2.23. The molecule has 0 atom stereocenters. The number of nitrogens with zero attached hydrogens (tertiary/aromatic N) is 2. The number of benzene rings is 2. The van der Waals surface area contributed by atoms with E-state index in [9.17, 15) is 10.0 Å².